The van der Waals surface area contributed by atoms with Crippen molar-refractivity contribution in [3.8, 4) is 6.07 Å². The van der Waals surface area contributed by atoms with Crippen LogP contribution in [0.25, 0.3) is 11.0 Å². The molecule has 30 heavy (non-hydrogen) atoms. The zero-order valence-corrected chi connectivity index (χ0v) is 18.5. The van der Waals surface area contributed by atoms with Crippen molar-refractivity contribution in [2.75, 3.05) is 11.1 Å². The van der Waals surface area contributed by atoms with Gasteiger partial charge in [0.25, 0.3) is 5.91 Å². The van der Waals surface area contributed by atoms with Gasteiger partial charge in [0.1, 0.15) is 0 Å². The molecule has 0 aliphatic rings. The van der Waals surface area contributed by atoms with Crippen LogP contribution >= 0.6 is 34.9 Å². The Labute approximate surface area is 186 Å². The molecule has 0 radical (unpaired) electrons. The number of rotatable bonds is 7. The van der Waals surface area contributed by atoms with Gasteiger partial charge in [-0.3, -0.25) is 10.1 Å². The fourth-order valence-corrected chi connectivity index (χ4v) is 5.37. The summed E-state index contributed by atoms with van der Waals surface area (Å²) < 4.78 is 0.949. The summed E-state index contributed by atoms with van der Waals surface area (Å²) in [5, 5.41) is 13.0. The van der Waals surface area contributed by atoms with Crippen LogP contribution in [0.3, 0.4) is 0 Å². The van der Waals surface area contributed by atoms with Gasteiger partial charge in [0.05, 0.1) is 32.8 Å². The zero-order chi connectivity index (χ0) is 20.9. The molecular weight excluding hydrogens is 434 g/mol. The largest absolute Gasteiger partial charge is 0.333 e. The van der Waals surface area contributed by atoms with Gasteiger partial charge in [0.15, 0.2) is 10.3 Å². The van der Waals surface area contributed by atoms with Crippen molar-refractivity contribution in [1.29, 1.82) is 5.26 Å². The minimum Gasteiger partial charge on any atom is -0.333 e. The Hall–Kier alpha value is -2.80. The molecular formula is C21H17N5OS3. The number of H-pyrrole nitrogens is 1. The lowest BCUT2D eigenvalue weighted by Crippen LogP contribution is -2.11. The van der Waals surface area contributed by atoms with Crippen LogP contribution in [0, 0.1) is 18.3 Å². The smallest absolute Gasteiger partial charge is 0.257 e. The lowest BCUT2D eigenvalue weighted by Gasteiger charge is -2.04. The van der Waals surface area contributed by atoms with Crippen LogP contribution in [0.2, 0.25) is 0 Å². The van der Waals surface area contributed by atoms with Crippen LogP contribution in [0.4, 0.5) is 5.13 Å². The number of aryl methyl sites for hydroxylation is 1. The molecule has 0 aliphatic carbocycles. The molecule has 0 atom stereocenters. The first kappa shape index (κ1) is 20.5. The van der Waals surface area contributed by atoms with Crippen LogP contribution in [0.15, 0.2) is 57.9 Å². The van der Waals surface area contributed by atoms with Gasteiger partial charge >= 0.3 is 0 Å². The van der Waals surface area contributed by atoms with Crippen LogP contribution in [-0.4, -0.2) is 26.6 Å². The molecule has 2 heterocycles. The second kappa shape index (κ2) is 9.34. The van der Waals surface area contributed by atoms with E-state index in [1.165, 1.54) is 23.1 Å². The minimum absolute atomic E-state index is 0.197. The maximum absolute atomic E-state index is 12.5. The molecule has 2 N–H and O–H groups in total. The number of anilines is 1. The van der Waals surface area contributed by atoms with Crippen molar-refractivity contribution in [3.63, 3.8) is 0 Å². The standard InChI is InChI=1S/C21H17N5OS3/c1-13-19(28-11-10-22)30-21(23-13)26-18(27)15-8-6-14(7-9-15)12-29-20-24-16-4-2-3-5-17(16)25-20/h2-9H,11-12H2,1H3,(H,24,25)(H,23,26,27). The molecule has 2 aromatic carbocycles. The van der Waals surface area contributed by atoms with Crippen molar-refractivity contribution in [1.82, 2.24) is 15.0 Å². The molecule has 6 nitrogen and oxygen atoms in total. The van der Waals surface area contributed by atoms with E-state index in [-0.39, 0.29) is 5.91 Å². The third-order valence-corrected chi connectivity index (χ3v) is 7.45. The minimum atomic E-state index is -0.197. The summed E-state index contributed by atoms with van der Waals surface area (Å²) in [6.45, 7) is 1.88. The van der Waals surface area contributed by atoms with E-state index >= 15 is 0 Å². The van der Waals surface area contributed by atoms with E-state index in [2.05, 4.69) is 26.3 Å². The number of amides is 1. The Morgan fingerprint density at radius 1 is 1.17 bits per heavy atom. The Balaban J connectivity index is 1.35. The van der Waals surface area contributed by atoms with Gasteiger partial charge < -0.3 is 4.98 Å². The maximum atomic E-state index is 12.5. The van der Waals surface area contributed by atoms with Gasteiger partial charge in [0.2, 0.25) is 0 Å². The second-order valence-electron chi connectivity index (χ2n) is 6.34. The summed E-state index contributed by atoms with van der Waals surface area (Å²) in [7, 11) is 0. The van der Waals surface area contributed by atoms with E-state index in [9.17, 15) is 4.79 Å². The number of carbonyl (C=O) groups excluding carboxylic acids is 1. The number of hydrogen-bond donors (Lipinski definition) is 2. The van der Waals surface area contributed by atoms with Crippen molar-refractivity contribution in [2.45, 2.75) is 22.0 Å². The number of imidazole rings is 1. The first-order valence-electron chi connectivity index (χ1n) is 9.07. The molecule has 0 fully saturated rings. The highest BCUT2D eigenvalue weighted by atomic mass is 32.2. The van der Waals surface area contributed by atoms with Gasteiger partial charge in [-0.05, 0) is 36.8 Å². The molecule has 2 aromatic heterocycles. The number of para-hydroxylation sites is 2. The van der Waals surface area contributed by atoms with Gasteiger partial charge in [-0.25, -0.2) is 9.97 Å². The molecule has 0 spiro atoms. The average molecular weight is 452 g/mol. The van der Waals surface area contributed by atoms with Crippen molar-refractivity contribution < 1.29 is 4.79 Å². The number of aromatic amines is 1. The number of thioether (sulfide) groups is 2. The molecule has 0 saturated heterocycles. The third kappa shape index (κ3) is 4.84. The second-order valence-corrected chi connectivity index (χ2v) is 9.54. The fraction of sp³-hybridized carbons (Fsp3) is 0.143. The molecule has 150 valence electrons. The van der Waals surface area contributed by atoms with Crippen LogP contribution < -0.4 is 5.32 Å². The van der Waals surface area contributed by atoms with Crippen molar-refractivity contribution >= 4 is 56.9 Å². The lowest BCUT2D eigenvalue weighted by molar-refractivity contribution is 0.102. The molecule has 4 aromatic rings. The van der Waals surface area contributed by atoms with E-state index in [1.807, 2.05) is 55.5 Å². The first-order valence-corrected chi connectivity index (χ1v) is 11.9. The van der Waals surface area contributed by atoms with Crippen LogP contribution in [0.1, 0.15) is 21.6 Å². The van der Waals surface area contributed by atoms with Crippen LogP contribution in [0.5, 0.6) is 0 Å². The zero-order valence-electron chi connectivity index (χ0n) is 16.0. The van der Waals surface area contributed by atoms with Gasteiger partial charge in [-0.2, -0.15) is 5.26 Å². The molecule has 4 rings (SSSR count). The van der Waals surface area contributed by atoms with E-state index in [4.69, 9.17) is 5.26 Å². The highest BCUT2D eigenvalue weighted by molar-refractivity contribution is 8.01. The van der Waals surface area contributed by atoms with Gasteiger partial charge in [0, 0.05) is 11.3 Å². The Kier molecular flexibility index (Phi) is 6.38. The monoisotopic (exact) mass is 451 g/mol. The fourth-order valence-electron chi connectivity index (χ4n) is 2.74. The van der Waals surface area contributed by atoms with E-state index in [0.29, 0.717) is 16.4 Å². The highest BCUT2D eigenvalue weighted by Gasteiger charge is 2.12. The number of thiazole rings is 1. The summed E-state index contributed by atoms with van der Waals surface area (Å²) in [5.41, 5.74) is 4.50. The number of nitrogens with zero attached hydrogens (tertiary/aromatic N) is 3. The van der Waals surface area contributed by atoms with E-state index in [0.717, 1.165) is 37.4 Å². The maximum Gasteiger partial charge on any atom is 0.257 e. The number of aromatic nitrogens is 3. The number of nitrogens with one attached hydrogen (secondary N) is 2. The van der Waals surface area contributed by atoms with Crippen LogP contribution in [-0.2, 0) is 5.75 Å². The number of carbonyl (C=O) groups is 1. The van der Waals surface area contributed by atoms with Gasteiger partial charge in [-0.1, -0.05) is 59.1 Å². The van der Waals surface area contributed by atoms with E-state index < -0.39 is 0 Å². The predicted octanol–water partition coefficient (Wildman–Crippen LogP) is 5.49. The van der Waals surface area contributed by atoms with E-state index in [1.54, 1.807) is 11.8 Å². The lowest BCUT2D eigenvalue weighted by atomic mass is 10.1. The summed E-state index contributed by atoms with van der Waals surface area (Å²) in [6, 6.07) is 17.6. The normalized spacial score (nSPS) is 10.8. The molecule has 1 amide bonds. The summed E-state index contributed by atoms with van der Waals surface area (Å²) in [4.78, 5) is 24.8. The number of fused-ring (bicyclic) bond motifs is 1. The Morgan fingerprint density at radius 2 is 1.97 bits per heavy atom. The Bertz CT molecular complexity index is 1190. The van der Waals surface area contributed by atoms with Crippen molar-refractivity contribution in [2.24, 2.45) is 0 Å². The summed E-state index contributed by atoms with van der Waals surface area (Å²) >= 11 is 4.45. The topological polar surface area (TPSA) is 94.5 Å². The molecule has 0 aliphatic heterocycles. The third-order valence-electron chi connectivity index (χ3n) is 4.20. The number of nitriles is 1. The van der Waals surface area contributed by atoms with Crippen molar-refractivity contribution in [3.05, 3.63) is 65.4 Å². The molecule has 0 saturated carbocycles. The average Bonchev–Trinajstić information content (AvgIpc) is 3.33. The molecule has 0 bridgehead atoms. The molecule has 9 heteroatoms. The van der Waals surface area contributed by atoms with Gasteiger partial charge in [-0.15, -0.1) is 0 Å². The predicted molar refractivity (Wildman–Crippen MR) is 123 cm³/mol. The quantitative estimate of drug-likeness (QED) is 0.361. The first-order chi connectivity index (χ1) is 14.6. The SMILES string of the molecule is Cc1nc(NC(=O)c2ccc(CSc3nc4ccccc4[nH]3)cc2)sc1SCC#N. The summed E-state index contributed by atoms with van der Waals surface area (Å²) in [6.07, 6.45) is 0. The number of benzene rings is 2. The summed E-state index contributed by atoms with van der Waals surface area (Å²) in [5.74, 6) is 0.925. The molecule has 0 unspecified atom stereocenters. The Morgan fingerprint density at radius 3 is 2.73 bits per heavy atom. The highest BCUT2D eigenvalue weighted by Crippen LogP contribution is 2.32. The number of hydrogen-bond acceptors (Lipinski definition) is 7.